The number of hydrogen-bond acceptors (Lipinski definition) is 7. The molecule has 48 heavy (non-hydrogen) atoms. The number of nitrogens with two attached hydrogens (primary N) is 1. The summed E-state index contributed by atoms with van der Waals surface area (Å²) < 4.78 is 0. The van der Waals surface area contributed by atoms with Gasteiger partial charge in [0.15, 0.2) is 0 Å². The highest BCUT2D eigenvalue weighted by Crippen LogP contribution is 2.31. The van der Waals surface area contributed by atoms with Gasteiger partial charge in [-0.05, 0) is 122 Å². The minimum absolute atomic E-state index is 0.0135. The Morgan fingerprint density at radius 1 is 0.667 bits per heavy atom. The monoisotopic (exact) mass is 675 g/mol. The second kappa shape index (κ2) is 22.9. The van der Waals surface area contributed by atoms with Gasteiger partial charge in [-0.2, -0.15) is 0 Å². The largest absolute Gasteiger partial charge is 0.388 e. The predicted octanol–water partition coefficient (Wildman–Crippen LogP) is 5.16. The second-order valence-corrected chi connectivity index (χ2v) is 14.2. The zero-order valence-electron chi connectivity index (χ0n) is 30.0. The lowest BCUT2D eigenvalue weighted by Gasteiger charge is -2.38. The topological polar surface area (TPSA) is 148 Å². The number of nitrogens with zero attached hydrogens (tertiary/aromatic N) is 3. The molecule has 5 N–H and O–H groups in total. The fourth-order valence-corrected chi connectivity index (χ4v) is 6.71. The highest BCUT2D eigenvalue weighted by molar-refractivity contribution is 5.83. The Morgan fingerprint density at radius 2 is 1.23 bits per heavy atom. The molecule has 0 aliphatic heterocycles. The third-order valence-electron chi connectivity index (χ3n) is 10.5. The molecule has 3 rings (SSSR count). The smallest absolute Gasteiger partial charge is 0.246 e. The van der Waals surface area contributed by atoms with E-state index in [0.29, 0.717) is 38.0 Å². The van der Waals surface area contributed by atoms with Gasteiger partial charge in [0.1, 0.15) is 0 Å². The maximum Gasteiger partial charge on any atom is 0.246 e. The fourth-order valence-electron chi connectivity index (χ4n) is 6.71. The van der Waals surface area contributed by atoms with Crippen molar-refractivity contribution in [3.8, 4) is 0 Å². The molecular weight excluding hydrogens is 608 g/mol. The average molecular weight is 675 g/mol. The first-order valence-corrected chi connectivity index (χ1v) is 19.3. The van der Waals surface area contributed by atoms with Crippen molar-refractivity contribution >= 4 is 23.6 Å². The summed E-state index contributed by atoms with van der Waals surface area (Å²) in [5.41, 5.74) is 8.34. The van der Waals surface area contributed by atoms with Crippen molar-refractivity contribution in [3.05, 3.63) is 11.3 Å². The number of hydrogen-bond donors (Lipinski definition) is 4. The fraction of sp³-hybridized carbons (Fsp3) is 0.838. The summed E-state index contributed by atoms with van der Waals surface area (Å²) in [6.45, 7) is 5.60. The van der Waals surface area contributed by atoms with Gasteiger partial charge in [0.05, 0.1) is 0 Å². The average Bonchev–Trinajstić information content (AvgIpc) is 2.99. The first-order chi connectivity index (χ1) is 23.3. The van der Waals surface area contributed by atoms with E-state index in [2.05, 4.69) is 15.5 Å². The van der Waals surface area contributed by atoms with Crippen LogP contribution in [-0.2, 0) is 19.2 Å². The molecule has 0 atom stereocenters. The minimum atomic E-state index is -0.430. The lowest BCUT2D eigenvalue weighted by molar-refractivity contribution is -0.166. The highest BCUT2D eigenvalue weighted by atomic mass is 16.5. The van der Waals surface area contributed by atoms with Gasteiger partial charge in [-0.1, -0.05) is 12.0 Å². The molecule has 3 fully saturated rings. The molecule has 0 unspecified atom stereocenters. The highest BCUT2D eigenvalue weighted by Gasteiger charge is 2.29. The zero-order valence-corrected chi connectivity index (χ0v) is 30.0. The number of carbonyl (C=O) groups is 4. The van der Waals surface area contributed by atoms with Gasteiger partial charge >= 0.3 is 0 Å². The van der Waals surface area contributed by atoms with Gasteiger partial charge in [0, 0.05) is 76.7 Å². The van der Waals surface area contributed by atoms with E-state index in [0.717, 1.165) is 121 Å². The van der Waals surface area contributed by atoms with Crippen LogP contribution >= 0.6 is 0 Å². The Kier molecular flexibility index (Phi) is 19.0. The van der Waals surface area contributed by atoms with Crippen LogP contribution in [0.15, 0.2) is 11.3 Å². The second-order valence-electron chi connectivity index (χ2n) is 14.2. The van der Waals surface area contributed by atoms with Crippen LogP contribution < -0.4 is 16.4 Å². The van der Waals surface area contributed by atoms with Crippen molar-refractivity contribution in [3.63, 3.8) is 0 Å². The molecule has 0 saturated heterocycles. The standard InChI is InChI=1S/C37H66N6O5/c1-30(44)41(32-16-12-17-32)27-9-3-7-26-40-35(45)21-23-37(47)43(48)29-10-4-6-25-39-34(31-14-11-15-31)20-22-36(46)42(33-18-13-19-33)28-8-2-5-24-38/h32-33,39,48H,2-29,38H2,1H3,(H,40,45). The quantitative estimate of drug-likeness (QED) is 0.0563. The lowest BCUT2D eigenvalue weighted by atomic mass is 9.88. The molecule has 0 heterocycles. The number of amides is 4. The van der Waals surface area contributed by atoms with E-state index >= 15 is 0 Å². The summed E-state index contributed by atoms with van der Waals surface area (Å²) >= 11 is 0. The van der Waals surface area contributed by atoms with Crippen molar-refractivity contribution in [2.45, 2.75) is 160 Å². The van der Waals surface area contributed by atoms with E-state index in [1.165, 1.54) is 30.5 Å². The van der Waals surface area contributed by atoms with Crippen LogP contribution in [0.2, 0.25) is 0 Å². The van der Waals surface area contributed by atoms with Crippen LogP contribution in [0.1, 0.15) is 148 Å². The summed E-state index contributed by atoms with van der Waals surface area (Å²) in [4.78, 5) is 53.7. The molecule has 0 aromatic rings. The Morgan fingerprint density at radius 3 is 1.79 bits per heavy atom. The molecule has 4 amide bonds. The summed E-state index contributed by atoms with van der Waals surface area (Å²) in [5.74, 6) is -0.181. The first kappa shape index (κ1) is 39.8. The maximum atomic E-state index is 13.2. The van der Waals surface area contributed by atoms with Crippen LogP contribution in [0.5, 0.6) is 0 Å². The summed E-state index contributed by atoms with van der Waals surface area (Å²) in [5, 5.41) is 17.4. The molecule has 3 aliphatic rings. The molecule has 0 radical (unpaired) electrons. The first-order valence-electron chi connectivity index (χ1n) is 19.3. The number of nitrogens with one attached hydrogen (secondary N) is 2. The van der Waals surface area contributed by atoms with Gasteiger partial charge in [-0.15, -0.1) is 0 Å². The Bertz CT molecular complexity index is 1020. The van der Waals surface area contributed by atoms with E-state index in [1.807, 2.05) is 4.90 Å². The van der Waals surface area contributed by atoms with Gasteiger partial charge in [0.2, 0.25) is 23.6 Å². The van der Waals surface area contributed by atoms with Crippen molar-refractivity contribution in [2.24, 2.45) is 5.73 Å². The molecule has 274 valence electrons. The normalized spacial score (nSPS) is 15.9. The molecule has 11 nitrogen and oxygen atoms in total. The van der Waals surface area contributed by atoms with Crippen molar-refractivity contribution in [1.29, 1.82) is 0 Å². The summed E-state index contributed by atoms with van der Waals surface area (Å²) in [6, 6.07) is 0.840. The number of unbranched alkanes of at least 4 members (excludes halogenated alkanes) is 6. The molecule has 0 aromatic carbocycles. The van der Waals surface area contributed by atoms with Crippen LogP contribution in [0.4, 0.5) is 0 Å². The number of rotatable bonds is 26. The zero-order chi connectivity index (χ0) is 34.6. The van der Waals surface area contributed by atoms with E-state index in [-0.39, 0.29) is 37.1 Å². The molecular formula is C37H66N6O5. The predicted molar refractivity (Wildman–Crippen MR) is 189 cm³/mol. The van der Waals surface area contributed by atoms with E-state index in [9.17, 15) is 24.4 Å². The Balaban J connectivity index is 1.21. The third-order valence-corrected chi connectivity index (χ3v) is 10.5. The van der Waals surface area contributed by atoms with Gasteiger partial charge in [-0.3, -0.25) is 24.4 Å². The van der Waals surface area contributed by atoms with Crippen LogP contribution in [0.3, 0.4) is 0 Å². The van der Waals surface area contributed by atoms with Gasteiger partial charge in [0.25, 0.3) is 0 Å². The Hall–Kier alpha value is -2.66. The third kappa shape index (κ3) is 14.4. The molecule has 11 heteroatoms. The van der Waals surface area contributed by atoms with Gasteiger partial charge in [-0.25, -0.2) is 5.06 Å². The molecule has 3 saturated carbocycles. The Labute approximate surface area is 289 Å². The number of hydroxylamine groups is 2. The lowest BCUT2D eigenvalue weighted by Crippen LogP contribution is -2.44. The molecule has 3 aliphatic carbocycles. The van der Waals surface area contributed by atoms with E-state index < -0.39 is 5.91 Å². The van der Waals surface area contributed by atoms with E-state index in [1.54, 1.807) is 6.92 Å². The van der Waals surface area contributed by atoms with Crippen LogP contribution in [0.25, 0.3) is 0 Å². The number of carbonyl (C=O) groups excluding carboxylic acids is 4. The SMILES string of the molecule is CC(=O)N(CCCCCNC(=O)CCC(=O)N(O)CCCCCNC(CCC(=O)N(CCCCCN)C1CCC1)=C1CCC1)C1CCC1. The summed E-state index contributed by atoms with van der Waals surface area (Å²) in [7, 11) is 0. The minimum Gasteiger partial charge on any atom is -0.388 e. The van der Waals surface area contributed by atoms with Crippen molar-refractivity contribution in [2.75, 3.05) is 39.3 Å². The summed E-state index contributed by atoms with van der Waals surface area (Å²) in [6.07, 6.45) is 20.0. The molecule has 0 bridgehead atoms. The van der Waals surface area contributed by atoms with E-state index in [4.69, 9.17) is 5.73 Å². The van der Waals surface area contributed by atoms with Crippen LogP contribution in [0, 0.1) is 0 Å². The van der Waals surface area contributed by atoms with Crippen molar-refractivity contribution < 1.29 is 24.4 Å². The molecule has 0 spiro atoms. The number of allylic oxidation sites excluding steroid dienone is 2. The maximum absolute atomic E-state index is 13.2. The molecule has 0 aromatic heterocycles. The van der Waals surface area contributed by atoms with Crippen LogP contribution in [-0.4, -0.2) is 95.1 Å². The van der Waals surface area contributed by atoms with Crippen molar-refractivity contribution in [1.82, 2.24) is 25.5 Å². The van der Waals surface area contributed by atoms with Gasteiger partial charge < -0.3 is 26.2 Å².